The first-order valence-corrected chi connectivity index (χ1v) is 8.42. The largest absolute Gasteiger partial charge is 0.478 e. The number of nitrogens with zero attached hydrogens (tertiary/aromatic N) is 1. The van der Waals surface area contributed by atoms with Crippen molar-refractivity contribution in [3.05, 3.63) is 47.0 Å². The molecule has 0 bridgehead atoms. The van der Waals surface area contributed by atoms with E-state index in [2.05, 4.69) is 5.32 Å². The summed E-state index contributed by atoms with van der Waals surface area (Å²) in [6.45, 7) is 5.44. The standard InChI is InChI=1S/C19H27N3O4/c1-12(2)16(8-13(3)19(25)26)22(4)17(23)11-21-18(24)15-7-5-6-14(9-15)10-20/h5-9,12,16H,10-11,20H2,1-4H3,(H,21,24)(H,25,26)/t16-/m1/s1. The Bertz CT molecular complexity index is 698. The maximum Gasteiger partial charge on any atom is 0.331 e. The number of aliphatic carboxylic acids is 1. The fraction of sp³-hybridized carbons (Fsp3) is 0.421. The molecular weight excluding hydrogens is 334 g/mol. The maximum atomic E-state index is 12.4. The Labute approximate surface area is 153 Å². The fourth-order valence-electron chi connectivity index (χ4n) is 2.47. The number of nitrogens with one attached hydrogen (secondary N) is 1. The molecule has 0 saturated heterocycles. The van der Waals surface area contributed by atoms with Crippen molar-refractivity contribution < 1.29 is 19.5 Å². The van der Waals surface area contributed by atoms with Crippen molar-refractivity contribution in [3.63, 3.8) is 0 Å². The molecular formula is C19H27N3O4. The average molecular weight is 361 g/mol. The zero-order valence-electron chi connectivity index (χ0n) is 15.7. The van der Waals surface area contributed by atoms with Crippen molar-refractivity contribution in [2.45, 2.75) is 33.4 Å². The summed E-state index contributed by atoms with van der Waals surface area (Å²) >= 11 is 0. The molecule has 1 rings (SSSR count). The maximum absolute atomic E-state index is 12.4. The highest BCUT2D eigenvalue weighted by Crippen LogP contribution is 2.13. The number of carbonyl (C=O) groups is 3. The molecule has 7 nitrogen and oxygen atoms in total. The van der Waals surface area contributed by atoms with Crippen molar-refractivity contribution in [2.75, 3.05) is 13.6 Å². The summed E-state index contributed by atoms with van der Waals surface area (Å²) in [7, 11) is 1.60. The van der Waals surface area contributed by atoms with Gasteiger partial charge in [0.05, 0.1) is 12.6 Å². The highest BCUT2D eigenvalue weighted by Gasteiger charge is 2.22. The molecule has 2 amide bonds. The van der Waals surface area contributed by atoms with Gasteiger partial charge in [-0.05, 0) is 30.5 Å². The van der Waals surface area contributed by atoms with Gasteiger partial charge in [-0.1, -0.05) is 32.1 Å². The van der Waals surface area contributed by atoms with Crippen LogP contribution in [-0.2, 0) is 16.1 Å². The first kappa shape index (κ1) is 21.4. The van der Waals surface area contributed by atoms with Gasteiger partial charge in [0.1, 0.15) is 0 Å². The highest BCUT2D eigenvalue weighted by atomic mass is 16.4. The quantitative estimate of drug-likeness (QED) is 0.606. The van der Waals surface area contributed by atoms with Crippen LogP contribution in [0, 0.1) is 5.92 Å². The van der Waals surface area contributed by atoms with Crippen molar-refractivity contribution in [1.82, 2.24) is 10.2 Å². The van der Waals surface area contributed by atoms with E-state index in [1.807, 2.05) is 19.9 Å². The monoisotopic (exact) mass is 361 g/mol. The Morgan fingerprint density at radius 2 is 1.96 bits per heavy atom. The molecule has 4 N–H and O–H groups in total. The van der Waals surface area contributed by atoms with E-state index in [4.69, 9.17) is 10.8 Å². The van der Waals surface area contributed by atoms with Gasteiger partial charge in [0.25, 0.3) is 5.91 Å². The summed E-state index contributed by atoms with van der Waals surface area (Å²) in [5, 5.41) is 11.6. The minimum atomic E-state index is -1.02. The third-order valence-corrected chi connectivity index (χ3v) is 4.11. The number of hydrogen-bond acceptors (Lipinski definition) is 4. The molecule has 0 aliphatic heterocycles. The summed E-state index contributed by atoms with van der Waals surface area (Å²) in [5.41, 5.74) is 7.00. The van der Waals surface area contributed by atoms with Crippen LogP contribution in [0.4, 0.5) is 0 Å². The van der Waals surface area contributed by atoms with Crippen molar-refractivity contribution >= 4 is 17.8 Å². The van der Waals surface area contributed by atoms with Gasteiger partial charge >= 0.3 is 5.97 Å². The third kappa shape index (κ3) is 6.00. The normalized spacial score (nSPS) is 12.6. The van der Waals surface area contributed by atoms with Crippen molar-refractivity contribution in [2.24, 2.45) is 11.7 Å². The van der Waals surface area contributed by atoms with E-state index in [1.54, 1.807) is 31.3 Å². The van der Waals surface area contributed by atoms with E-state index >= 15 is 0 Å². The van der Waals surface area contributed by atoms with Crippen molar-refractivity contribution in [1.29, 1.82) is 0 Å². The predicted octanol–water partition coefficient (Wildman–Crippen LogP) is 1.39. The Hall–Kier alpha value is -2.67. The molecule has 26 heavy (non-hydrogen) atoms. The van der Waals surface area contributed by atoms with Gasteiger partial charge in [-0.2, -0.15) is 0 Å². The summed E-state index contributed by atoms with van der Waals surface area (Å²) in [6, 6.07) is 6.51. The fourth-order valence-corrected chi connectivity index (χ4v) is 2.47. The van der Waals surface area contributed by atoms with E-state index in [1.165, 1.54) is 11.8 Å². The number of amides is 2. The zero-order chi connectivity index (χ0) is 19.9. The van der Waals surface area contributed by atoms with Gasteiger partial charge in [0, 0.05) is 24.7 Å². The lowest BCUT2D eigenvalue weighted by molar-refractivity contribution is -0.133. The van der Waals surface area contributed by atoms with Gasteiger partial charge in [0.2, 0.25) is 5.91 Å². The highest BCUT2D eigenvalue weighted by molar-refractivity contribution is 5.96. The molecule has 0 fully saturated rings. The molecule has 142 valence electrons. The smallest absolute Gasteiger partial charge is 0.331 e. The number of hydrogen-bond donors (Lipinski definition) is 3. The molecule has 0 spiro atoms. The lowest BCUT2D eigenvalue weighted by Crippen LogP contribution is -2.44. The van der Waals surface area contributed by atoms with Crippen LogP contribution >= 0.6 is 0 Å². The Balaban J connectivity index is 2.76. The molecule has 0 radical (unpaired) electrons. The Morgan fingerprint density at radius 1 is 1.31 bits per heavy atom. The first-order chi connectivity index (χ1) is 12.2. The molecule has 0 heterocycles. The number of rotatable bonds is 8. The van der Waals surface area contributed by atoms with E-state index in [-0.39, 0.29) is 35.9 Å². The second kappa shape index (κ2) is 9.72. The second-order valence-electron chi connectivity index (χ2n) is 6.48. The lowest BCUT2D eigenvalue weighted by atomic mass is 10.00. The van der Waals surface area contributed by atoms with Crippen LogP contribution in [0.3, 0.4) is 0 Å². The molecule has 1 atom stereocenters. The van der Waals surface area contributed by atoms with Crippen LogP contribution in [0.5, 0.6) is 0 Å². The van der Waals surface area contributed by atoms with Gasteiger partial charge in [-0.15, -0.1) is 0 Å². The summed E-state index contributed by atoms with van der Waals surface area (Å²) in [6.07, 6.45) is 1.55. The van der Waals surface area contributed by atoms with Gasteiger partial charge in [-0.25, -0.2) is 4.79 Å². The Kier molecular flexibility index (Phi) is 7.99. The topological polar surface area (TPSA) is 113 Å². The molecule has 0 aliphatic rings. The van der Waals surface area contributed by atoms with Crippen LogP contribution in [-0.4, -0.2) is 47.4 Å². The molecule has 0 aromatic heterocycles. The van der Waals surface area contributed by atoms with Crippen LogP contribution in [0.1, 0.15) is 36.7 Å². The SMILES string of the molecule is CC(=C[C@H](C(C)C)N(C)C(=O)CNC(=O)c1cccc(CN)c1)C(=O)O. The molecule has 1 aromatic carbocycles. The van der Waals surface area contributed by atoms with Crippen LogP contribution in [0.2, 0.25) is 0 Å². The number of carboxylic acid groups (broad SMARTS) is 1. The number of nitrogens with two attached hydrogens (primary N) is 1. The third-order valence-electron chi connectivity index (χ3n) is 4.11. The lowest BCUT2D eigenvalue weighted by Gasteiger charge is -2.29. The summed E-state index contributed by atoms with van der Waals surface area (Å²) < 4.78 is 0. The second-order valence-corrected chi connectivity index (χ2v) is 6.48. The number of carboxylic acids is 1. The molecule has 0 aliphatic carbocycles. The zero-order valence-corrected chi connectivity index (χ0v) is 15.7. The van der Waals surface area contributed by atoms with Gasteiger partial charge < -0.3 is 21.1 Å². The molecule has 0 saturated carbocycles. The molecule has 1 aromatic rings. The van der Waals surface area contributed by atoms with Crippen molar-refractivity contribution in [3.8, 4) is 0 Å². The molecule has 0 unspecified atom stereocenters. The Morgan fingerprint density at radius 3 is 2.50 bits per heavy atom. The van der Waals surface area contributed by atoms with E-state index in [0.717, 1.165) is 5.56 Å². The van der Waals surface area contributed by atoms with Crippen LogP contribution in [0.25, 0.3) is 0 Å². The molecule has 7 heteroatoms. The predicted molar refractivity (Wildman–Crippen MR) is 99.5 cm³/mol. The van der Waals surface area contributed by atoms with Crippen LogP contribution < -0.4 is 11.1 Å². The number of likely N-dealkylation sites (N-methyl/N-ethyl adjacent to an activating group) is 1. The van der Waals surface area contributed by atoms with E-state index in [0.29, 0.717) is 12.1 Å². The number of benzene rings is 1. The van der Waals surface area contributed by atoms with E-state index in [9.17, 15) is 14.4 Å². The average Bonchev–Trinajstić information content (AvgIpc) is 2.62. The minimum absolute atomic E-state index is 0.0233. The van der Waals surface area contributed by atoms with E-state index < -0.39 is 5.97 Å². The minimum Gasteiger partial charge on any atom is -0.478 e. The summed E-state index contributed by atoms with van der Waals surface area (Å²) in [4.78, 5) is 37.1. The van der Waals surface area contributed by atoms with Gasteiger partial charge in [0.15, 0.2) is 0 Å². The van der Waals surface area contributed by atoms with Crippen LogP contribution in [0.15, 0.2) is 35.9 Å². The van der Waals surface area contributed by atoms with Gasteiger partial charge in [-0.3, -0.25) is 9.59 Å². The first-order valence-electron chi connectivity index (χ1n) is 8.42. The summed E-state index contributed by atoms with van der Waals surface area (Å²) in [5.74, 6) is -1.67. The number of carbonyl (C=O) groups excluding carboxylic acids is 2.